The summed E-state index contributed by atoms with van der Waals surface area (Å²) in [5, 5.41) is 7.10. The molecular formula is C16H14ClN3O3S3. The second-order valence-corrected chi connectivity index (χ2v) is 9.09. The van der Waals surface area contributed by atoms with Crippen LogP contribution >= 0.6 is 34.3 Å². The Morgan fingerprint density at radius 2 is 1.96 bits per heavy atom. The lowest BCUT2D eigenvalue weighted by molar-refractivity contribution is -0.116. The smallest absolute Gasteiger partial charge is 0.242 e. The number of rotatable bonds is 7. The van der Waals surface area contributed by atoms with E-state index in [1.807, 2.05) is 22.9 Å². The van der Waals surface area contributed by atoms with E-state index in [0.717, 1.165) is 10.6 Å². The Hall–Kier alpha value is -1.78. The molecule has 3 rings (SSSR count). The van der Waals surface area contributed by atoms with Gasteiger partial charge in [-0.2, -0.15) is 0 Å². The number of halogens is 1. The van der Waals surface area contributed by atoms with E-state index < -0.39 is 10.0 Å². The molecule has 0 aliphatic heterocycles. The van der Waals surface area contributed by atoms with Crippen molar-refractivity contribution >= 4 is 55.3 Å². The lowest BCUT2D eigenvalue weighted by Gasteiger charge is -2.08. The maximum Gasteiger partial charge on any atom is 0.242 e. The molecular weight excluding hydrogens is 414 g/mol. The number of carbonyl (C=O) groups excluding carboxylic acids is 1. The minimum Gasteiger partial charge on any atom is -0.302 e. The highest BCUT2D eigenvalue weighted by molar-refractivity contribution is 7.89. The maximum atomic E-state index is 12.2. The Morgan fingerprint density at radius 3 is 2.69 bits per heavy atom. The highest BCUT2D eigenvalue weighted by Crippen LogP contribution is 2.28. The fraction of sp³-hybridized carbons (Fsp3) is 0.125. The Kier molecular flexibility index (Phi) is 6.05. The summed E-state index contributed by atoms with van der Waals surface area (Å²) in [4.78, 5) is 17.4. The zero-order chi connectivity index (χ0) is 18.6. The molecule has 0 fully saturated rings. The van der Waals surface area contributed by atoms with Gasteiger partial charge in [-0.15, -0.1) is 22.7 Å². The number of carbonyl (C=O) groups is 1. The fourth-order valence-electron chi connectivity index (χ4n) is 2.09. The van der Waals surface area contributed by atoms with Crippen molar-refractivity contribution in [1.29, 1.82) is 0 Å². The zero-order valence-corrected chi connectivity index (χ0v) is 16.5. The Labute approximate surface area is 163 Å². The number of thiophene rings is 1. The largest absolute Gasteiger partial charge is 0.302 e. The van der Waals surface area contributed by atoms with Gasteiger partial charge in [0.1, 0.15) is 4.90 Å². The molecule has 0 saturated carbocycles. The van der Waals surface area contributed by atoms with Crippen LogP contribution < -0.4 is 10.0 Å². The van der Waals surface area contributed by atoms with Gasteiger partial charge < -0.3 is 5.32 Å². The summed E-state index contributed by atoms with van der Waals surface area (Å²) in [6, 6.07) is 10.0. The summed E-state index contributed by atoms with van der Waals surface area (Å²) in [5.74, 6) is -0.320. The van der Waals surface area contributed by atoms with Crippen molar-refractivity contribution in [1.82, 2.24) is 9.71 Å². The number of hydrogen-bond donors (Lipinski definition) is 2. The van der Waals surface area contributed by atoms with E-state index in [4.69, 9.17) is 11.6 Å². The summed E-state index contributed by atoms with van der Waals surface area (Å²) < 4.78 is 26.8. The molecule has 2 heterocycles. The molecule has 26 heavy (non-hydrogen) atoms. The summed E-state index contributed by atoms with van der Waals surface area (Å²) in [5.41, 5.74) is 0.805. The molecule has 0 atom stereocenters. The van der Waals surface area contributed by atoms with Gasteiger partial charge in [0, 0.05) is 18.3 Å². The van der Waals surface area contributed by atoms with Crippen molar-refractivity contribution in [2.45, 2.75) is 11.3 Å². The maximum absolute atomic E-state index is 12.2. The molecule has 3 aromatic rings. The summed E-state index contributed by atoms with van der Waals surface area (Å²) in [6.07, 6.45) is -0.0163. The number of benzene rings is 1. The van der Waals surface area contributed by atoms with Crippen LogP contribution in [0.5, 0.6) is 0 Å². The van der Waals surface area contributed by atoms with E-state index in [0.29, 0.717) is 5.13 Å². The third-order valence-electron chi connectivity index (χ3n) is 3.29. The Bertz CT molecular complexity index is 1000. The van der Waals surface area contributed by atoms with E-state index in [1.165, 1.54) is 23.5 Å². The first kappa shape index (κ1) is 19.0. The quantitative estimate of drug-likeness (QED) is 0.599. The van der Waals surface area contributed by atoms with E-state index in [9.17, 15) is 13.2 Å². The molecule has 6 nitrogen and oxygen atoms in total. The monoisotopic (exact) mass is 427 g/mol. The lowest BCUT2D eigenvalue weighted by atomic mass is 10.4. The molecule has 0 aliphatic carbocycles. The topological polar surface area (TPSA) is 88.2 Å². The molecule has 0 radical (unpaired) electrons. The van der Waals surface area contributed by atoms with Crippen molar-refractivity contribution in [2.75, 3.05) is 11.9 Å². The van der Waals surface area contributed by atoms with E-state index in [-0.39, 0.29) is 28.8 Å². The first-order chi connectivity index (χ1) is 12.5. The molecule has 0 spiro atoms. The van der Waals surface area contributed by atoms with Crippen molar-refractivity contribution in [2.24, 2.45) is 0 Å². The van der Waals surface area contributed by atoms with Crippen LogP contribution in [-0.4, -0.2) is 25.9 Å². The van der Waals surface area contributed by atoms with Gasteiger partial charge in [0.05, 0.1) is 15.6 Å². The van der Waals surface area contributed by atoms with Crippen molar-refractivity contribution in [3.8, 4) is 10.6 Å². The van der Waals surface area contributed by atoms with Crippen molar-refractivity contribution in [3.63, 3.8) is 0 Å². The molecule has 136 valence electrons. The molecule has 10 heteroatoms. The molecule has 0 bridgehead atoms. The molecule has 0 aliphatic rings. The van der Waals surface area contributed by atoms with Gasteiger partial charge in [0.15, 0.2) is 5.13 Å². The van der Waals surface area contributed by atoms with Crippen LogP contribution in [0, 0.1) is 0 Å². The normalized spacial score (nSPS) is 11.4. The van der Waals surface area contributed by atoms with Crippen LogP contribution in [0.3, 0.4) is 0 Å². The van der Waals surface area contributed by atoms with Gasteiger partial charge >= 0.3 is 0 Å². The van der Waals surface area contributed by atoms with Crippen molar-refractivity contribution < 1.29 is 13.2 Å². The molecule has 0 unspecified atom stereocenters. The van der Waals surface area contributed by atoms with E-state index in [1.54, 1.807) is 23.5 Å². The van der Waals surface area contributed by atoms with Gasteiger partial charge in [-0.05, 0) is 23.6 Å². The number of sulfonamides is 1. The van der Waals surface area contributed by atoms with Gasteiger partial charge in [0.25, 0.3) is 0 Å². The van der Waals surface area contributed by atoms with Gasteiger partial charge in [-0.25, -0.2) is 18.1 Å². The number of aromatic nitrogens is 1. The molecule has 0 saturated heterocycles. The minimum absolute atomic E-state index is 0.0115. The van der Waals surface area contributed by atoms with Gasteiger partial charge in [0.2, 0.25) is 15.9 Å². The second kappa shape index (κ2) is 8.28. The summed E-state index contributed by atoms with van der Waals surface area (Å²) in [6.45, 7) is -0.0391. The summed E-state index contributed by atoms with van der Waals surface area (Å²) >= 11 is 8.79. The minimum atomic E-state index is -3.76. The number of hydrogen-bond acceptors (Lipinski definition) is 6. The lowest BCUT2D eigenvalue weighted by Crippen LogP contribution is -2.28. The van der Waals surface area contributed by atoms with Crippen LogP contribution in [0.25, 0.3) is 10.6 Å². The van der Waals surface area contributed by atoms with E-state index >= 15 is 0 Å². The van der Waals surface area contributed by atoms with Crippen LogP contribution in [0.15, 0.2) is 52.1 Å². The fourth-order valence-corrected chi connectivity index (χ4v) is 5.13. The van der Waals surface area contributed by atoms with Crippen LogP contribution in [-0.2, 0) is 14.8 Å². The average Bonchev–Trinajstić information content (AvgIpc) is 3.26. The first-order valence-corrected chi connectivity index (χ1v) is 11.1. The molecule has 2 N–H and O–H groups in total. The second-order valence-electron chi connectivity index (χ2n) is 5.14. The molecule has 1 amide bonds. The first-order valence-electron chi connectivity index (χ1n) is 7.49. The highest BCUT2D eigenvalue weighted by atomic mass is 35.5. The average molecular weight is 428 g/mol. The van der Waals surface area contributed by atoms with Crippen LogP contribution in [0.2, 0.25) is 5.02 Å². The number of nitrogens with one attached hydrogen (secondary N) is 2. The third-order valence-corrected chi connectivity index (χ3v) is 6.91. The third kappa shape index (κ3) is 4.68. The Balaban J connectivity index is 1.52. The number of amides is 1. The predicted molar refractivity (Wildman–Crippen MR) is 105 cm³/mol. The standard InChI is InChI=1S/C16H14ClN3O3S3/c17-11-4-1-2-6-14(11)26(22,23)18-8-7-15(21)20-16-19-12(10-25-16)13-5-3-9-24-13/h1-6,9-10,18H,7-8H2,(H,19,20,21). The van der Waals surface area contributed by atoms with Gasteiger partial charge in [-0.1, -0.05) is 29.8 Å². The number of thiazole rings is 1. The van der Waals surface area contributed by atoms with Crippen LogP contribution in [0.1, 0.15) is 6.42 Å². The van der Waals surface area contributed by atoms with E-state index in [2.05, 4.69) is 15.0 Å². The van der Waals surface area contributed by atoms with Crippen LogP contribution in [0.4, 0.5) is 5.13 Å². The zero-order valence-electron chi connectivity index (χ0n) is 13.3. The molecule has 2 aromatic heterocycles. The SMILES string of the molecule is O=C(CCNS(=O)(=O)c1ccccc1Cl)Nc1nc(-c2cccs2)cs1. The number of anilines is 1. The highest BCUT2D eigenvalue weighted by Gasteiger charge is 2.17. The molecule has 1 aromatic carbocycles. The van der Waals surface area contributed by atoms with Gasteiger partial charge in [-0.3, -0.25) is 4.79 Å². The van der Waals surface area contributed by atoms with Crippen molar-refractivity contribution in [3.05, 3.63) is 52.2 Å². The predicted octanol–water partition coefficient (Wildman–Crippen LogP) is 3.83. The number of nitrogens with zero attached hydrogens (tertiary/aromatic N) is 1. The Morgan fingerprint density at radius 1 is 1.15 bits per heavy atom. The summed E-state index contributed by atoms with van der Waals surface area (Å²) in [7, 11) is -3.76.